The normalized spacial score (nSPS) is 22.6. The van der Waals surface area contributed by atoms with Crippen molar-refractivity contribution in [2.45, 2.75) is 6.04 Å². The number of carbonyl (C=O) groups excluding carboxylic acids is 1. The quantitative estimate of drug-likeness (QED) is 0.756. The van der Waals surface area contributed by atoms with Gasteiger partial charge in [-0.2, -0.15) is 0 Å². The Morgan fingerprint density at radius 3 is 2.56 bits per heavy atom. The fraction of sp³-hybridized carbons (Fsp3) is 0.462. The summed E-state index contributed by atoms with van der Waals surface area (Å²) in [5, 5.41) is 0. The average Bonchev–Trinajstić information content (AvgIpc) is 2.66. The van der Waals surface area contributed by atoms with E-state index in [0.717, 1.165) is 17.1 Å². The molecule has 0 bridgehead atoms. The van der Waals surface area contributed by atoms with Crippen LogP contribution >= 0.6 is 0 Å². The second-order valence-electron chi connectivity index (χ2n) is 4.69. The minimum atomic E-state index is 0.0508. The third-order valence-corrected chi connectivity index (χ3v) is 3.49. The number of benzene rings is 1. The molecule has 1 aromatic rings. The first-order chi connectivity index (χ1) is 8.66. The van der Waals surface area contributed by atoms with Crippen LogP contribution in [0.4, 0.5) is 4.79 Å². The highest BCUT2D eigenvalue weighted by Gasteiger charge is 2.33. The van der Waals surface area contributed by atoms with Crippen molar-refractivity contribution in [2.75, 3.05) is 33.9 Å². The molecular formula is C13H16N2O3. The van der Waals surface area contributed by atoms with Crippen molar-refractivity contribution >= 4 is 6.03 Å². The van der Waals surface area contributed by atoms with Crippen molar-refractivity contribution in [1.29, 1.82) is 0 Å². The van der Waals surface area contributed by atoms with Crippen molar-refractivity contribution in [3.63, 3.8) is 0 Å². The Balaban J connectivity index is 1.91. The van der Waals surface area contributed by atoms with E-state index in [4.69, 9.17) is 9.47 Å². The summed E-state index contributed by atoms with van der Waals surface area (Å²) in [6.45, 7) is 1.88. The minimum Gasteiger partial charge on any atom is -0.486 e. The smallest absolute Gasteiger partial charge is 0.320 e. The van der Waals surface area contributed by atoms with Gasteiger partial charge >= 0.3 is 6.03 Å². The van der Waals surface area contributed by atoms with Crippen LogP contribution in [0.15, 0.2) is 18.2 Å². The number of likely N-dealkylation sites (N-methyl/N-ethyl adjacent to an activating group) is 2. The second-order valence-corrected chi connectivity index (χ2v) is 4.69. The predicted octanol–water partition coefficient (Wildman–Crippen LogP) is 1.50. The molecule has 2 amide bonds. The van der Waals surface area contributed by atoms with Gasteiger partial charge in [0, 0.05) is 20.6 Å². The van der Waals surface area contributed by atoms with Crippen molar-refractivity contribution < 1.29 is 14.3 Å². The molecule has 1 saturated heterocycles. The maximum Gasteiger partial charge on any atom is 0.320 e. The van der Waals surface area contributed by atoms with Gasteiger partial charge in [-0.15, -0.1) is 0 Å². The molecule has 2 aliphatic rings. The number of hydrogen-bond donors (Lipinski definition) is 0. The Kier molecular flexibility index (Phi) is 2.54. The first kappa shape index (κ1) is 11.2. The lowest BCUT2D eigenvalue weighted by atomic mass is 10.1. The van der Waals surface area contributed by atoms with E-state index in [1.54, 1.807) is 9.80 Å². The summed E-state index contributed by atoms with van der Waals surface area (Å²) < 4.78 is 11.1. The molecule has 1 fully saturated rings. The van der Waals surface area contributed by atoms with Crippen molar-refractivity contribution in [2.24, 2.45) is 0 Å². The molecule has 96 valence electrons. The van der Waals surface area contributed by atoms with Crippen molar-refractivity contribution in [3.8, 4) is 11.5 Å². The average molecular weight is 248 g/mol. The summed E-state index contributed by atoms with van der Waals surface area (Å²) in [6, 6.07) is 6.03. The topological polar surface area (TPSA) is 42.0 Å². The molecule has 2 aliphatic heterocycles. The van der Waals surface area contributed by atoms with Crippen LogP contribution in [0.1, 0.15) is 11.6 Å². The van der Waals surface area contributed by atoms with Crippen LogP contribution in [-0.2, 0) is 0 Å². The maximum absolute atomic E-state index is 11.8. The van der Waals surface area contributed by atoms with Gasteiger partial charge in [0.05, 0.1) is 6.04 Å². The zero-order chi connectivity index (χ0) is 12.7. The summed E-state index contributed by atoms with van der Waals surface area (Å²) in [5.74, 6) is 1.56. The fourth-order valence-corrected chi connectivity index (χ4v) is 2.46. The van der Waals surface area contributed by atoms with Crippen LogP contribution in [-0.4, -0.2) is 49.7 Å². The molecule has 0 saturated carbocycles. The zero-order valence-corrected chi connectivity index (χ0v) is 10.5. The monoisotopic (exact) mass is 248 g/mol. The summed E-state index contributed by atoms with van der Waals surface area (Å²) in [5.41, 5.74) is 1.08. The fourth-order valence-electron chi connectivity index (χ4n) is 2.46. The molecule has 5 heteroatoms. The highest BCUT2D eigenvalue weighted by atomic mass is 16.6. The van der Waals surface area contributed by atoms with Crippen LogP contribution in [0.25, 0.3) is 0 Å². The Morgan fingerprint density at radius 2 is 1.89 bits per heavy atom. The molecule has 18 heavy (non-hydrogen) atoms. The predicted molar refractivity (Wildman–Crippen MR) is 66.0 cm³/mol. The molecule has 0 spiro atoms. The van der Waals surface area contributed by atoms with Gasteiger partial charge in [-0.3, -0.25) is 0 Å². The van der Waals surface area contributed by atoms with E-state index in [1.807, 2.05) is 32.3 Å². The number of rotatable bonds is 1. The van der Waals surface area contributed by atoms with E-state index >= 15 is 0 Å². The number of urea groups is 1. The van der Waals surface area contributed by atoms with E-state index in [0.29, 0.717) is 19.8 Å². The molecule has 0 aromatic heterocycles. The SMILES string of the molecule is CN1CC(c2ccc3c(c2)OCCO3)N(C)C1=O. The van der Waals surface area contributed by atoms with E-state index in [2.05, 4.69) is 0 Å². The molecule has 3 rings (SSSR count). The number of carbonyl (C=O) groups is 1. The maximum atomic E-state index is 11.8. The number of nitrogens with zero attached hydrogens (tertiary/aromatic N) is 2. The van der Waals surface area contributed by atoms with E-state index < -0.39 is 0 Å². The minimum absolute atomic E-state index is 0.0508. The standard InChI is InChI=1S/C13H16N2O3/c1-14-8-10(15(2)13(14)16)9-3-4-11-12(7-9)18-6-5-17-11/h3-4,7,10H,5-6,8H2,1-2H3. The largest absolute Gasteiger partial charge is 0.486 e. The van der Waals surface area contributed by atoms with Gasteiger partial charge in [-0.1, -0.05) is 6.07 Å². The first-order valence-corrected chi connectivity index (χ1v) is 6.04. The summed E-state index contributed by atoms with van der Waals surface area (Å²) in [7, 11) is 3.64. The molecule has 0 radical (unpaired) electrons. The Labute approximate surface area is 106 Å². The molecule has 1 unspecified atom stereocenters. The molecular weight excluding hydrogens is 232 g/mol. The zero-order valence-electron chi connectivity index (χ0n) is 10.5. The van der Waals surface area contributed by atoms with Crippen LogP contribution in [0.5, 0.6) is 11.5 Å². The van der Waals surface area contributed by atoms with Gasteiger partial charge in [0.15, 0.2) is 11.5 Å². The van der Waals surface area contributed by atoms with Gasteiger partial charge in [0.25, 0.3) is 0 Å². The number of fused-ring (bicyclic) bond motifs is 1. The van der Waals surface area contributed by atoms with Gasteiger partial charge in [0.1, 0.15) is 13.2 Å². The first-order valence-electron chi connectivity index (χ1n) is 6.04. The highest BCUT2D eigenvalue weighted by molar-refractivity contribution is 5.77. The van der Waals surface area contributed by atoms with E-state index in [1.165, 1.54) is 0 Å². The van der Waals surface area contributed by atoms with Crippen LogP contribution in [0, 0.1) is 0 Å². The van der Waals surface area contributed by atoms with Gasteiger partial charge in [-0.05, 0) is 17.7 Å². The van der Waals surface area contributed by atoms with Crippen LogP contribution in [0.3, 0.4) is 0 Å². The lowest BCUT2D eigenvalue weighted by Crippen LogP contribution is -2.26. The second kappa shape index (κ2) is 4.08. The van der Waals surface area contributed by atoms with Crippen molar-refractivity contribution in [3.05, 3.63) is 23.8 Å². The summed E-state index contributed by atoms with van der Waals surface area (Å²) in [6.07, 6.45) is 0. The van der Waals surface area contributed by atoms with Gasteiger partial charge in [-0.25, -0.2) is 4.79 Å². The molecule has 2 heterocycles. The summed E-state index contributed by atoms with van der Waals surface area (Å²) in [4.78, 5) is 15.3. The third-order valence-electron chi connectivity index (χ3n) is 3.49. The van der Waals surface area contributed by atoms with Gasteiger partial charge in [0.2, 0.25) is 0 Å². The Hall–Kier alpha value is -1.91. The number of ether oxygens (including phenoxy) is 2. The van der Waals surface area contributed by atoms with Crippen molar-refractivity contribution in [1.82, 2.24) is 9.80 Å². The Bertz CT molecular complexity index is 489. The highest BCUT2D eigenvalue weighted by Crippen LogP contribution is 2.35. The molecule has 1 aromatic carbocycles. The molecule has 5 nitrogen and oxygen atoms in total. The molecule has 0 N–H and O–H groups in total. The summed E-state index contributed by atoms with van der Waals surface area (Å²) >= 11 is 0. The molecule has 0 aliphatic carbocycles. The third kappa shape index (κ3) is 1.66. The Morgan fingerprint density at radius 1 is 1.17 bits per heavy atom. The van der Waals surface area contributed by atoms with Crippen LogP contribution < -0.4 is 9.47 Å². The van der Waals surface area contributed by atoms with Gasteiger partial charge < -0.3 is 19.3 Å². The number of amides is 2. The lowest BCUT2D eigenvalue weighted by Gasteiger charge is -2.22. The number of hydrogen-bond acceptors (Lipinski definition) is 3. The lowest BCUT2D eigenvalue weighted by molar-refractivity contribution is 0.171. The van der Waals surface area contributed by atoms with E-state index in [-0.39, 0.29) is 12.1 Å². The molecule has 1 atom stereocenters. The van der Waals surface area contributed by atoms with Crippen LogP contribution in [0.2, 0.25) is 0 Å². The van der Waals surface area contributed by atoms with E-state index in [9.17, 15) is 4.79 Å².